The highest BCUT2D eigenvalue weighted by Gasteiger charge is 2.27. The van der Waals surface area contributed by atoms with Crippen LogP contribution in [-0.2, 0) is 16.0 Å². The second kappa shape index (κ2) is 6.32. The summed E-state index contributed by atoms with van der Waals surface area (Å²) in [6.45, 7) is 3.72. The zero-order chi connectivity index (χ0) is 13.7. The summed E-state index contributed by atoms with van der Waals surface area (Å²) in [5.74, 6) is -0.142. The second-order valence-electron chi connectivity index (χ2n) is 4.77. The predicted octanol–water partition coefficient (Wildman–Crippen LogP) is 2.94. The summed E-state index contributed by atoms with van der Waals surface area (Å²) in [4.78, 5) is 23.7. The normalized spacial score (nSPS) is 17.7. The standard InChI is InChI=1S/C16H18O3/c1-2-11-19-15(17)10-9-13-8-7-12-5-3-4-6-14(12)16(13)18/h2-6,13H,1,7-11H2. The number of hydrogen-bond donors (Lipinski definition) is 0. The van der Waals surface area contributed by atoms with E-state index in [2.05, 4.69) is 6.58 Å². The highest BCUT2D eigenvalue weighted by atomic mass is 16.5. The highest BCUT2D eigenvalue weighted by molar-refractivity contribution is 6.00. The first-order valence-corrected chi connectivity index (χ1v) is 6.61. The monoisotopic (exact) mass is 258 g/mol. The Balaban J connectivity index is 1.92. The Morgan fingerprint density at radius 2 is 2.21 bits per heavy atom. The summed E-state index contributed by atoms with van der Waals surface area (Å²) in [6.07, 6.45) is 4.15. The largest absolute Gasteiger partial charge is 0.461 e. The highest BCUT2D eigenvalue weighted by Crippen LogP contribution is 2.28. The molecule has 0 amide bonds. The van der Waals surface area contributed by atoms with Crippen molar-refractivity contribution in [3.8, 4) is 0 Å². The van der Waals surface area contributed by atoms with Gasteiger partial charge in [0.2, 0.25) is 0 Å². The summed E-state index contributed by atoms with van der Waals surface area (Å²) >= 11 is 0. The molecule has 2 rings (SSSR count). The molecule has 0 bridgehead atoms. The topological polar surface area (TPSA) is 43.4 Å². The van der Waals surface area contributed by atoms with Crippen LogP contribution < -0.4 is 0 Å². The molecule has 1 aromatic rings. The third kappa shape index (κ3) is 3.31. The Kier molecular flexibility index (Phi) is 4.50. The number of hydrogen-bond acceptors (Lipinski definition) is 3. The van der Waals surface area contributed by atoms with Gasteiger partial charge in [0.1, 0.15) is 6.61 Å². The maximum atomic E-state index is 12.3. The molecule has 1 aliphatic carbocycles. The summed E-state index contributed by atoms with van der Waals surface area (Å²) < 4.78 is 4.92. The zero-order valence-electron chi connectivity index (χ0n) is 10.9. The van der Waals surface area contributed by atoms with E-state index in [1.165, 1.54) is 0 Å². The van der Waals surface area contributed by atoms with Crippen LogP contribution in [0.1, 0.15) is 35.2 Å². The van der Waals surface area contributed by atoms with Gasteiger partial charge in [0.25, 0.3) is 0 Å². The van der Waals surface area contributed by atoms with E-state index in [0.29, 0.717) is 12.8 Å². The number of ketones is 1. The van der Waals surface area contributed by atoms with Crippen molar-refractivity contribution in [1.82, 2.24) is 0 Å². The number of benzene rings is 1. The molecule has 0 saturated carbocycles. The number of carbonyl (C=O) groups excluding carboxylic acids is 2. The van der Waals surface area contributed by atoms with E-state index in [4.69, 9.17) is 4.74 Å². The van der Waals surface area contributed by atoms with Crippen LogP contribution in [-0.4, -0.2) is 18.4 Å². The maximum Gasteiger partial charge on any atom is 0.306 e. The predicted molar refractivity (Wildman–Crippen MR) is 73.0 cm³/mol. The lowest BCUT2D eigenvalue weighted by Crippen LogP contribution is -2.23. The van der Waals surface area contributed by atoms with Gasteiger partial charge in [0.15, 0.2) is 5.78 Å². The number of aryl methyl sites for hydroxylation is 1. The average molecular weight is 258 g/mol. The van der Waals surface area contributed by atoms with Crippen LogP contribution in [0, 0.1) is 5.92 Å². The van der Waals surface area contributed by atoms with Gasteiger partial charge in [-0.2, -0.15) is 0 Å². The summed E-state index contributed by atoms with van der Waals surface area (Å²) in [7, 11) is 0. The fraction of sp³-hybridized carbons (Fsp3) is 0.375. The number of ether oxygens (including phenoxy) is 1. The molecule has 1 aromatic carbocycles. The van der Waals surface area contributed by atoms with E-state index < -0.39 is 0 Å². The lowest BCUT2D eigenvalue weighted by Gasteiger charge is -2.22. The Morgan fingerprint density at radius 3 is 3.00 bits per heavy atom. The first-order valence-electron chi connectivity index (χ1n) is 6.61. The second-order valence-corrected chi connectivity index (χ2v) is 4.77. The van der Waals surface area contributed by atoms with Crippen molar-refractivity contribution < 1.29 is 14.3 Å². The van der Waals surface area contributed by atoms with Crippen molar-refractivity contribution >= 4 is 11.8 Å². The quantitative estimate of drug-likeness (QED) is 0.602. The third-order valence-corrected chi connectivity index (χ3v) is 3.47. The van der Waals surface area contributed by atoms with Gasteiger partial charge in [-0.25, -0.2) is 0 Å². The first-order chi connectivity index (χ1) is 9.22. The third-order valence-electron chi connectivity index (χ3n) is 3.47. The molecule has 1 aliphatic rings. The zero-order valence-corrected chi connectivity index (χ0v) is 10.9. The van der Waals surface area contributed by atoms with Crippen LogP contribution in [0.5, 0.6) is 0 Å². The minimum Gasteiger partial charge on any atom is -0.461 e. The Labute approximate surface area is 113 Å². The molecule has 3 nitrogen and oxygen atoms in total. The van der Waals surface area contributed by atoms with Gasteiger partial charge in [0.05, 0.1) is 0 Å². The van der Waals surface area contributed by atoms with Crippen LogP contribution in [0.2, 0.25) is 0 Å². The number of esters is 1. The molecule has 1 unspecified atom stereocenters. The molecule has 19 heavy (non-hydrogen) atoms. The molecular formula is C16H18O3. The Bertz CT molecular complexity index is 491. The molecule has 0 saturated heterocycles. The lowest BCUT2D eigenvalue weighted by atomic mass is 9.80. The fourth-order valence-electron chi connectivity index (χ4n) is 2.45. The van der Waals surface area contributed by atoms with Gasteiger partial charge in [-0.05, 0) is 24.8 Å². The molecule has 3 heteroatoms. The van der Waals surface area contributed by atoms with E-state index in [-0.39, 0.29) is 24.3 Å². The van der Waals surface area contributed by atoms with Crippen LogP contribution in [0.15, 0.2) is 36.9 Å². The van der Waals surface area contributed by atoms with Crippen LogP contribution in [0.3, 0.4) is 0 Å². The van der Waals surface area contributed by atoms with Crippen molar-refractivity contribution in [3.05, 3.63) is 48.0 Å². The van der Waals surface area contributed by atoms with E-state index in [1.54, 1.807) is 6.08 Å². The Hall–Kier alpha value is -1.90. The minimum absolute atomic E-state index is 0.0498. The van der Waals surface area contributed by atoms with Crippen molar-refractivity contribution in [3.63, 3.8) is 0 Å². The molecule has 0 aromatic heterocycles. The van der Waals surface area contributed by atoms with Crippen LogP contribution in [0.4, 0.5) is 0 Å². The van der Waals surface area contributed by atoms with Gasteiger partial charge in [-0.15, -0.1) is 0 Å². The van der Waals surface area contributed by atoms with E-state index in [9.17, 15) is 9.59 Å². The van der Waals surface area contributed by atoms with Crippen LogP contribution in [0.25, 0.3) is 0 Å². The molecular weight excluding hydrogens is 240 g/mol. The molecule has 0 N–H and O–H groups in total. The number of fused-ring (bicyclic) bond motifs is 1. The molecule has 0 radical (unpaired) electrons. The van der Waals surface area contributed by atoms with Gasteiger partial charge in [-0.1, -0.05) is 36.9 Å². The SMILES string of the molecule is C=CCOC(=O)CCC1CCc2ccccc2C1=O. The lowest BCUT2D eigenvalue weighted by molar-refractivity contribution is -0.142. The number of Topliss-reactive ketones (excluding diaryl/α,β-unsaturated/α-hetero) is 1. The summed E-state index contributed by atoms with van der Waals surface area (Å²) in [5.41, 5.74) is 1.94. The smallest absolute Gasteiger partial charge is 0.306 e. The minimum atomic E-state index is -0.258. The molecule has 1 atom stereocenters. The van der Waals surface area contributed by atoms with Crippen molar-refractivity contribution in [2.75, 3.05) is 6.61 Å². The molecule has 0 spiro atoms. The van der Waals surface area contributed by atoms with Gasteiger partial charge in [0, 0.05) is 17.9 Å². The Morgan fingerprint density at radius 1 is 1.42 bits per heavy atom. The first kappa shape index (κ1) is 13.5. The number of rotatable bonds is 5. The molecule has 0 heterocycles. The van der Waals surface area contributed by atoms with Gasteiger partial charge < -0.3 is 4.74 Å². The van der Waals surface area contributed by atoms with Crippen molar-refractivity contribution in [2.24, 2.45) is 5.92 Å². The van der Waals surface area contributed by atoms with E-state index in [0.717, 1.165) is 24.0 Å². The summed E-state index contributed by atoms with van der Waals surface area (Å²) in [6, 6.07) is 7.72. The van der Waals surface area contributed by atoms with Gasteiger partial charge in [-0.3, -0.25) is 9.59 Å². The molecule has 0 fully saturated rings. The van der Waals surface area contributed by atoms with Gasteiger partial charge >= 0.3 is 5.97 Å². The molecule has 100 valence electrons. The molecule has 0 aliphatic heterocycles. The average Bonchev–Trinajstić information content (AvgIpc) is 2.44. The van der Waals surface area contributed by atoms with Crippen LogP contribution >= 0.6 is 0 Å². The van der Waals surface area contributed by atoms with Crippen molar-refractivity contribution in [2.45, 2.75) is 25.7 Å². The maximum absolute atomic E-state index is 12.3. The number of carbonyl (C=O) groups is 2. The van der Waals surface area contributed by atoms with E-state index in [1.807, 2.05) is 24.3 Å². The fourth-order valence-corrected chi connectivity index (χ4v) is 2.45. The van der Waals surface area contributed by atoms with Crippen molar-refractivity contribution in [1.29, 1.82) is 0 Å². The summed E-state index contributed by atoms with van der Waals surface area (Å²) in [5, 5.41) is 0. The van der Waals surface area contributed by atoms with E-state index >= 15 is 0 Å².